The number of aliphatic carboxylic acids is 1. The van der Waals surface area contributed by atoms with Crippen molar-refractivity contribution in [3.63, 3.8) is 0 Å². The SMILES string of the molecule is COC(=O)C(NC(=O)[C@@H](N)CC(=O)O)C(=O)NC(C(C)C)C1CC1. The third kappa shape index (κ3) is 5.80. The zero-order chi connectivity index (χ0) is 18.4. The van der Waals surface area contributed by atoms with Crippen LogP contribution in [0.15, 0.2) is 0 Å². The van der Waals surface area contributed by atoms with Crippen molar-refractivity contribution in [1.82, 2.24) is 10.6 Å². The maximum atomic E-state index is 12.4. The molecule has 1 saturated carbocycles. The van der Waals surface area contributed by atoms with Gasteiger partial charge in [0.15, 0.2) is 0 Å². The van der Waals surface area contributed by atoms with E-state index in [0.29, 0.717) is 5.92 Å². The molecule has 0 heterocycles. The lowest BCUT2D eigenvalue weighted by Crippen LogP contribution is -2.57. The summed E-state index contributed by atoms with van der Waals surface area (Å²) in [6.07, 6.45) is 1.39. The van der Waals surface area contributed by atoms with Crippen molar-refractivity contribution in [3.8, 4) is 0 Å². The van der Waals surface area contributed by atoms with E-state index >= 15 is 0 Å². The van der Waals surface area contributed by atoms with Crippen molar-refractivity contribution in [2.45, 2.75) is 51.2 Å². The fourth-order valence-electron chi connectivity index (χ4n) is 2.41. The predicted molar refractivity (Wildman–Crippen MR) is 83.7 cm³/mol. The van der Waals surface area contributed by atoms with Gasteiger partial charge in [-0.25, -0.2) is 4.79 Å². The van der Waals surface area contributed by atoms with Gasteiger partial charge >= 0.3 is 11.9 Å². The monoisotopic (exact) mass is 343 g/mol. The molecular formula is C15H25N3O6. The summed E-state index contributed by atoms with van der Waals surface area (Å²) in [5, 5.41) is 13.6. The summed E-state index contributed by atoms with van der Waals surface area (Å²) in [6.45, 7) is 3.91. The molecule has 1 fully saturated rings. The minimum absolute atomic E-state index is 0.103. The molecule has 1 aliphatic carbocycles. The van der Waals surface area contributed by atoms with E-state index in [4.69, 9.17) is 10.8 Å². The van der Waals surface area contributed by atoms with Crippen molar-refractivity contribution in [2.24, 2.45) is 17.6 Å². The first-order chi connectivity index (χ1) is 11.2. The Balaban J connectivity index is 2.76. The van der Waals surface area contributed by atoms with Crippen LogP contribution in [0, 0.1) is 11.8 Å². The van der Waals surface area contributed by atoms with Gasteiger partial charge < -0.3 is 26.2 Å². The first-order valence-corrected chi connectivity index (χ1v) is 7.83. The van der Waals surface area contributed by atoms with Gasteiger partial charge in [0.05, 0.1) is 19.6 Å². The van der Waals surface area contributed by atoms with Gasteiger partial charge in [-0.05, 0) is 24.7 Å². The van der Waals surface area contributed by atoms with Crippen LogP contribution in [0.1, 0.15) is 33.1 Å². The Hall–Kier alpha value is -2.16. The van der Waals surface area contributed by atoms with E-state index < -0.39 is 42.3 Å². The maximum Gasteiger partial charge on any atom is 0.338 e. The number of carbonyl (C=O) groups is 4. The van der Waals surface area contributed by atoms with Gasteiger partial charge in [-0.1, -0.05) is 13.8 Å². The molecule has 0 aromatic carbocycles. The number of carboxylic acids is 1. The summed E-state index contributed by atoms with van der Waals surface area (Å²) in [6, 6.07) is -3.04. The summed E-state index contributed by atoms with van der Waals surface area (Å²) >= 11 is 0. The van der Waals surface area contributed by atoms with Gasteiger partial charge in [0.1, 0.15) is 0 Å². The Morgan fingerprint density at radius 1 is 1.17 bits per heavy atom. The molecule has 24 heavy (non-hydrogen) atoms. The zero-order valence-corrected chi connectivity index (χ0v) is 14.1. The number of esters is 1. The van der Waals surface area contributed by atoms with Crippen LogP contribution in [-0.4, -0.2) is 54.1 Å². The second kappa shape index (κ2) is 8.62. The molecule has 0 aromatic rings. The van der Waals surface area contributed by atoms with Crippen LogP contribution in [0.25, 0.3) is 0 Å². The van der Waals surface area contributed by atoms with Crippen LogP contribution < -0.4 is 16.4 Å². The van der Waals surface area contributed by atoms with Crippen molar-refractivity contribution < 1.29 is 29.0 Å². The number of carboxylic acid groups (broad SMARTS) is 1. The molecule has 9 nitrogen and oxygen atoms in total. The highest BCUT2D eigenvalue weighted by molar-refractivity contribution is 6.05. The van der Waals surface area contributed by atoms with E-state index in [9.17, 15) is 19.2 Å². The quantitative estimate of drug-likeness (QED) is 0.310. The number of nitrogens with two attached hydrogens (primary N) is 1. The van der Waals surface area contributed by atoms with Gasteiger partial charge in [-0.3, -0.25) is 14.4 Å². The highest BCUT2D eigenvalue weighted by Crippen LogP contribution is 2.35. The molecular weight excluding hydrogens is 318 g/mol. The van der Waals surface area contributed by atoms with Crippen LogP contribution in [0.4, 0.5) is 0 Å². The lowest BCUT2D eigenvalue weighted by molar-refractivity contribution is -0.149. The fraction of sp³-hybridized carbons (Fsp3) is 0.733. The lowest BCUT2D eigenvalue weighted by atomic mass is 9.99. The van der Waals surface area contributed by atoms with E-state index in [1.807, 2.05) is 13.8 Å². The molecule has 1 aliphatic rings. The normalized spacial score (nSPS) is 17.5. The molecule has 0 radical (unpaired) electrons. The third-order valence-electron chi connectivity index (χ3n) is 3.87. The summed E-state index contributed by atoms with van der Waals surface area (Å²) in [7, 11) is 1.09. The predicted octanol–water partition coefficient (Wildman–Crippen LogP) is -1.00. The molecule has 3 atom stereocenters. The number of ether oxygens (including phenoxy) is 1. The first-order valence-electron chi connectivity index (χ1n) is 7.83. The Morgan fingerprint density at radius 3 is 2.17 bits per heavy atom. The molecule has 2 amide bonds. The van der Waals surface area contributed by atoms with E-state index in [-0.39, 0.29) is 12.0 Å². The van der Waals surface area contributed by atoms with Crippen LogP contribution in [0.3, 0.4) is 0 Å². The molecule has 2 unspecified atom stereocenters. The standard InChI is InChI=1S/C15H25N3O6/c1-7(2)11(8-4-5-8)17-14(22)12(15(23)24-3)18-13(21)9(16)6-10(19)20/h7-9,11-12H,4-6,16H2,1-3H3,(H,17,22)(H,18,21)(H,19,20)/t9-,11?,12?/m0/s1. The van der Waals surface area contributed by atoms with Gasteiger partial charge in [-0.2, -0.15) is 0 Å². The molecule has 0 saturated heterocycles. The van der Waals surface area contributed by atoms with E-state index in [1.165, 1.54) is 0 Å². The average Bonchev–Trinajstić information content (AvgIpc) is 3.32. The van der Waals surface area contributed by atoms with Gasteiger partial charge in [0, 0.05) is 6.04 Å². The van der Waals surface area contributed by atoms with Crippen LogP contribution >= 0.6 is 0 Å². The van der Waals surface area contributed by atoms with Crippen molar-refractivity contribution in [1.29, 1.82) is 0 Å². The van der Waals surface area contributed by atoms with E-state index in [1.54, 1.807) is 0 Å². The number of carbonyl (C=O) groups excluding carboxylic acids is 3. The van der Waals surface area contributed by atoms with E-state index in [0.717, 1.165) is 20.0 Å². The molecule has 5 N–H and O–H groups in total. The highest BCUT2D eigenvalue weighted by Gasteiger charge is 2.38. The lowest BCUT2D eigenvalue weighted by Gasteiger charge is -2.25. The fourth-order valence-corrected chi connectivity index (χ4v) is 2.41. The number of hydrogen-bond donors (Lipinski definition) is 4. The topological polar surface area (TPSA) is 148 Å². The number of amides is 2. The molecule has 0 aromatic heterocycles. The zero-order valence-electron chi connectivity index (χ0n) is 14.1. The number of rotatable bonds is 9. The summed E-state index contributed by atoms with van der Waals surface area (Å²) in [5.41, 5.74) is 5.44. The number of nitrogens with one attached hydrogen (secondary N) is 2. The maximum absolute atomic E-state index is 12.4. The number of hydrogen-bond acceptors (Lipinski definition) is 6. The van der Waals surface area contributed by atoms with Crippen molar-refractivity contribution in [3.05, 3.63) is 0 Å². The smallest absolute Gasteiger partial charge is 0.338 e. The Bertz CT molecular complexity index is 501. The van der Waals surface area contributed by atoms with Crippen LogP contribution in [0.2, 0.25) is 0 Å². The van der Waals surface area contributed by atoms with Gasteiger partial charge in [0.2, 0.25) is 11.9 Å². The second-order valence-corrected chi connectivity index (χ2v) is 6.28. The second-order valence-electron chi connectivity index (χ2n) is 6.28. The van der Waals surface area contributed by atoms with Crippen LogP contribution in [0.5, 0.6) is 0 Å². The summed E-state index contributed by atoms with van der Waals surface area (Å²) < 4.78 is 4.54. The minimum Gasteiger partial charge on any atom is -0.481 e. The van der Waals surface area contributed by atoms with E-state index in [2.05, 4.69) is 15.4 Å². The number of methoxy groups -OCH3 is 1. The van der Waals surface area contributed by atoms with Gasteiger partial charge in [-0.15, -0.1) is 0 Å². The molecule has 1 rings (SSSR count). The third-order valence-corrected chi connectivity index (χ3v) is 3.87. The summed E-state index contributed by atoms with van der Waals surface area (Å²) in [4.78, 5) is 46.7. The van der Waals surface area contributed by atoms with Crippen molar-refractivity contribution >= 4 is 23.8 Å². The highest BCUT2D eigenvalue weighted by atomic mass is 16.5. The molecule has 0 bridgehead atoms. The van der Waals surface area contributed by atoms with Gasteiger partial charge in [0.25, 0.3) is 5.91 Å². The largest absolute Gasteiger partial charge is 0.481 e. The van der Waals surface area contributed by atoms with Crippen LogP contribution in [-0.2, 0) is 23.9 Å². The minimum atomic E-state index is -1.57. The molecule has 0 spiro atoms. The molecule has 9 heteroatoms. The molecule has 0 aliphatic heterocycles. The first kappa shape index (κ1) is 19.9. The Labute approximate surface area is 140 Å². The summed E-state index contributed by atoms with van der Waals surface area (Å²) in [5.74, 6) is -3.27. The Kier molecular flexibility index (Phi) is 7.15. The Morgan fingerprint density at radius 2 is 1.75 bits per heavy atom. The molecule has 136 valence electrons. The van der Waals surface area contributed by atoms with Crippen molar-refractivity contribution in [2.75, 3.05) is 7.11 Å². The average molecular weight is 343 g/mol.